The van der Waals surface area contributed by atoms with E-state index >= 15 is 0 Å². The van der Waals surface area contributed by atoms with Crippen LogP contribution in [0.5, 0.6) is 0 Å². The van der Waals surface area contributed by atoms with E-state index in [0.717, 1.165) is 18.7 Å². The number of H-pyrrole nitrogens is 1. The highest BCUT2D eigenvalue weighted by Crippen LogP contribution is 2.20. The first kappa shape index (κ1) is 19.4. The molecule has 0 amide bonds. The third-order valence-electron chi connectivity index (χ3n) is 3.83. The fourth-order valence-electron chi connectivity index (χ4n) is 2.39. The number of benzene rings is 1. The third kappa shape index (κ3) is 5.84. The van der Waals surface area contributed by atoms with E-state index in [-0.39, 0.29) is 11.6 Å². The molecule has 136 valence electrons. The summed E-state index contributed by atoms with van der Waals surface area (Å²) in [7, 11) is 0. The lowest BCUT2D eigenvalue weighted by molar-refractivity contribution is -0.115. The van der Waals surface area contributed by atoms with E-state index in [1.54, 1.807) is 31.3 Å². The molecule has 4 nitrogen and oxygen atoms in total. The van der Waals surface area contributed by atoms with E-state index in [9.17, 15) is 9.18 Å². The summed E-state index contributed by atoms with van der Waals surface area (Å²) in [5.74, 6) is 0.594. The predicted octanol–water partition coefficient (Wildman–Crippen LogP) is 5.12. The molecular weight excluding hydrogens is 331 g/mol. The Balaban J connectivity index is 1.75. The number of Topliss-reactive ketones (excluding diaryl/α,β-unsaturated/α-hetero) is 1. The second-order valence-electron chi connectivity index (χ2n) is 5.80. The fourth-order valence-corrected chi connectivity index (χ4v) is 2.39. The molecule has 0 aliphatic rings. The minimum Gasteiger partial charge on any atom is -0.473 e. The number of nitrogens with one attached hydrogen (secondary N) is 1. The quantitative estimate of drug-likeness (QED) is 0.366. The van der Waals surface area contributed by atoms with E-state index in [0.29, 0.717) is 29.7 Å². The Kier molecular flexibility index (Phi) is 7.55. The Morgan fingerprint density at radius 1 is 1.31 bits per heavy atom. The lowest BCUT2D eigenvalue weighted by atomic mass is 10.1. The van der Waals surface area contributed by atoms with Crippen molar-refractivity contribution in [3.8, 4) is 11.3 Å². The Bertz CT molecular complexity index is 806. The van der Waals surface area contributed by atoms with Crippen molar-refractivity contribution in [2.45, 2.75) is 32.6 Å². The molecular formula is C21H23FN2O2. The maximum atomic E-state index is 13.8. The molecule has 2 rings (SSSR count). The van der Waals surface area contributed by atoms with E-state index in [4.69, 9.17) is 4.74 Å². The van der Waals surface area contributed by atoms with Gasteiger partial charge < -0.3 is 9.72 Å². The van der Waals surface area contributed by atoms with E-state index in [1.807, 2.05) is 12.2 Å². The lowest BCUT2D eigenvalue weighted by Crippen LogP contribution is -1.98. The van der Waals surface area contributed by atoms with Gasteiger partial charge in [-0.2, -0.15) is 0 Å². The summed E-state index contributed by atoms with van der Waals surface area (Å²) >= 11 is 0. The smallest absolute Gasteiger partial charge is 0.161 e. The van der Waals surface area contributed by atoms with Gasteiger partial charge in [0.1, 0.15) is 11.6 Å². The maximum Gasteiger partial charge on any atom is 0.161 e. The lowest BCUT2D eigenvalue weighted by Gasteiger charge is -1.99. The first-order valence-corrected chi connectivity index (χ1v) is 8.52. The highest BCUT2D eigenvalue weighted by atomic mass is 19.1. The second kappa shape index (κ2) is 10.1. The first-order valence-electron chi connectivity index (χ1n) is 8.52. The average molecular weight is 354 g/mol. The molecule has 0 saturated heterocycles. The fraction of sp³-hybridized carbons (Fsp3) is 0.238. The van der Waals surface area contributed by atoms with Crippen LogP contribution in [0.3, 0.4) is 0 Å². The van der Waals surface area contributed by atoms with E-state index in [1.165, 1.54) is 18.6 Å². The number of hydrogen-bond donors (Lipinski definition) is 1. The summed E-state index contributed by atoms with van der Waals surface area (Å²) < 4.78 is 18.6. The molecule has 5 heteroatoms. The van der Waals surface area contributed by atoms with Gasteiger partial charge in [0, 0.05) is 24.0 Å². The number of nitrogens with zero attached hydrogens (tertiary/aromatic N) is 1. The predicted molar refractivity (Wildman–Crippen MR) is 101 cm³/mol. The number of carbonyl (C=O) groups is 1. The Morgan fingerprint density at radius 3 is 2.85 bits per heavy atom. The summed E-state index contributed by atoms with van der Waals surface area (Å²) in [6.07, 6.45) is 11.0. The molecule has 1 heterocycles. The number of allylic oxidation sites excluding steroid dienone is 3. The van der Waals surface area contributed by atoms with Crippen molar-refractivity contribution in [2.75, 3.05) is 0 Å². The normalized spacial score (nSPS) is 11.7. The Hall–Kier alpha value is -2.95. The molecule has 26 heavy (non-hydrogen) atoms. The molecule has 0 unspecified atom stereocenters. The number of imidazole rings is 1. The molecule has 1 N–H and O–H groups in total. The van der Waals surface area contributed by atoms with Crippen LogP contribution in [0.15, 0.2) is 67.3 Å². The van der Waals surface area contributed by atoms with Crippen molar-refractivity contribution in [1.29, 1.82) is 0 Å². The molecule has 1 aromatic heterocycles. The molecule has 0 saturated carbocycles. The summed E-state index contributed by atoms with van der Waals surface area (Å²) in [6.45, 7) is 5.14. The van der Waals surface area contributed by atoms with E-state index in [2.05, 4.69) is 16.5 Å². The molecule has 0 aliphatic heterocycles. The van der Waals surface area contributed by atoms with Gasteiger partial charge in [-0.3, -0.25) is 4.79 Å². The molecule has 1 aromatic carbocycles. The molecule has 0 atom stereocenters. The largest absolute Gasteiger partial charge is 0.473 e. The Labute approximate surface area is 153 Å². The van der Waals surface area contributed by atoms with Crippen LogP contribution in [0.4, 0.5) is 4.39 Å². The molecule has 0 aliphatic carbocycles. The molecule has 2 aromatic rings. The van der Waals surface area contributed by atoms with Gasteiger partial charge in [-0.05, 0) is 31.9 Å². The number of rotatable bonds is 10. The first-order chi connectivity index (χ1) is 12.6. The SMILES string of the molecule is C=CO/C=C(\C)C(=O)CC/C=C/CCc1ncc(-c2ccccc2F)[nH]1. The van der Waals surface area contributed by atoms with Crippen LogP contribution in [0.1, 0.15) is 32.0 Å². The van der Waals surface area contributed by atoms with Crippen molar-refractivity contribution in [1.82, 2.24) is 9.97 Å². The topological polar surface area (TPSA) is 55.0 Å². The van der Waals surface area contributed by atoms with E-state index < -0.39 is 0 Å². The van der Waals surface area contributed by atoms with Gasteiger partial charge in [0.15, 0.2) is 5.78 Å². The molecule has 0 bridgehead atoms. The number of carbonyl (C=O) groups excluding carboxylic acids is 1. The zero-order valence-electron chi connectivity index (χ0n) is 14.9. The number of hydrogen-bond acceptors (Lipinski definition) is 3. The number of ether oxygens (including phenoxy) is 1. The van der Waals surface area contributed by atoms with Gasteiger partial charge in [-0.25, -0.2) is 9.37 Å². The minimum absolute atomic E-state index is 0.0528. The van der Waals surface area contributed by atoms with Gasteiger partial charge in [0.05, 0.1) is 24.4 Å². The number of aromatic amines is 1. The average Bonchev–Trinajstić information content (AvgIpc) is 3.11. The van der Waals surface area contributed by atoms with Gasteiger partial charge in [0.25, 0.3) is 0 Å². The van der Waals surface area contributed by atoms with Crippen LogP contribution in [0.25, 0.3) is 11.3 Å². The van der Waals surface area contributed by atoms with Crippen molar-refractivity contribution < 1.29 is 13.9 Å². The third-order valence-corrected chi connectivity index (χ3v) is 3.83. The van der Waals surface area contributed by atoms with Crippen LogP contribution < -0.4 is 0 Å². The van der Waals surface area contributed by atoms with Crippen LogP contribution in [0, 0.1) is 5.82 Å². The van der Waals surface area contributed by atoms with Crippen LogP contribution >= 0.6 is 0 Å². The van der Waals surface area contributed by atoms with Crippen molar-refractivity contribution in [2.24, 2.45) is 0 Å². The molecule has 0 spiro atoms. The monoisotopic (exact) mass is 354 g/mol. The van der Waals surface area contributed by atoms with Gasteiger partial charge in [-0.15, -0.1) is 0 Å². The van der Waals surface area contributed by atoms with Crippen molar-refractivity contribution in [3.05, 3.63) is 78.9 Å². The summed E-state index contributed by atoms with van der Waals surface area (Å²) in [5, 5.41) is 0. The van der Waals surface area contributed by atoms with Gasteiger partial charge in [0.2, 0.25) is 0 Å². The van der Waals surface area contributed by atoms with Crippen molar-refractivity contribution >= 4 is 5.78 Å². The summed E-state index contributed by atoms with van der Waals surface area (Å²) in [6, 6.07) is 6.61. The second-order valence-corrected chi connectivity index (χ2v) is 5.80. The summed E-state index contributed by atoms with van der Waals surface area (Å²) in [4.78, 5) is 19.2. The number of ketones is 1. The summed E-state index contributed by atoms with van der Waals surface area (Å²) in [5.41, 5.74) is 1.77. The number of halogens is 1. The number of aromatic nitrogens is 2. The van der Waals surface area contributed by atoms with Crippen LogP contribution in [0.2, 0.25) is 0 Å². The van der Waals surface area contributed by atoms with Gasteiger partial charge in [-0.1, -0.05) is 30.9 Å². The van der Waals surface area contributed by atoms with Crippen LogP contribution in [-0.2, 0) is 16.0 Å². The zero-order valence-corrected chi connectivity index (χ0v) is 14.9. The van der Waals surface area contributed by atoms with Gasteiger partial charge >= 0.3 is 0 Å². The van der Waals surface area contributed by atoms with Crippen LogP contribution in [-0.4, -0.2) is 15.8 Å². The van der Waals surface area contributed by atoms with Crippen molar-refractivity contribution in [3.63, 3.8) is 0 Å². The highest BCUT2D eigenvalue weighted by molar-refractivity contribution is 5.94. The zero-order chi connectivity index (χ0) is 18.8. The molecule has 0 radical (unpaired) electrons. The number of aryl methyl sites for hydroxylation is 1. The standard InChI is InChI=1S/C21H23FN2O2/c1-3-26-15-16(2)20(25)12-6-4-5-7-13-21-23-14-19(24-21)17-10-8-9-11-18(17)22/h3-5,8-11,14-15H,1,6-7,12-13H2,2H3,(H,23,24)/b5-4+,16-15+. The Morgan fingerprint density at radius 2 is 2.08 bits per heavy atom. The highest BCUT2D eigenvalue weighted by Gasteiger charge is 2.07. The maximum absolute atomic E-state index is 13.8. The minimum atomic E-state index is -0.268. The molecule has 0 fully saturated rings.